The number of rotatable bonds is 7. The Bertz CT molecular complexity index is 168. The first kappa shape index (κ1) is 13.4. The van der Waals surface area contributed by atoms with Crippen LogP contribution in [0.4, 0.5) is 0 Å². The molecule has 84 valence electrons. The highest BCUT2D eigenvalue weighted by atomic mass is 16.4. The van der Waals surface area contributed by atoms with E-state index in [1.807, 2.05) is 13.8 Å². The van der Waals surface area contributed by atoms with Gasteiger partial charge in [-0.15, -0.1) is 0 Å². The molecular weight excluding hydrogens is 180 g/mol. The molecule has 0 fully saturated rings. The molecule has 0 aliphatic carbocycles. The van der Waals surface area contributed by atoms with E-state index < -0.39 is 5.97 Å². The molecule has 3 atom stereocenters. The van der Waals surface area contributed by atoms with E-state index in [-0.39, 0.29) is 18.9 Å². The van der Waals surface area contributed by atoms with Crippen molar-refractivity contribution in [1.82, 2.24) is 0 Å². The molecule has 0 aromatic carbocycles. The van der Waals surface area contributed by atoms with Gasteiger partial charge in [0.25, 0.3) is 0 Å². The van der Waals surface area contributed by atoms with Gasteiger partial charge < -0.3 is 10.2 Å². The van der Waals surface area contributed by atoms with Crippen LogP contribution in [0.15, 0.2) is 0 Å². The normalized spacial score (nSPS) is 17.4. The molecule has 2 N–H and O–H groups in total. The number of carbonyl (C=O) groups is 1. The Morgan fingerprint density at radius 3 is 2.00 bits per heavy atom. The van der Waals surface area contributed by atoms with Gasteiger partial charge >= 0.3 is 5.97 Å². The van der Waals surface area contributed by atoms with Crippen LogP contribution in [0.3, 0.4) is 0 Å². The summed E-state index contributed by atoms with van der Waals surface area (Å²) in [6.45, 7) is 6.31. The quantitative estimate of drug-likeness (QED) is 0.665. The number of hydrogen-bond donors (Lipinski definition) is 2. The molecule has 0 heterocycles. The summed E-state index contributed by atoms with van der Waals surface area (Å²) in [5.41, 5.74) is 0. The summed E-state index contributed by atoms with van der Waals surface area (Å²) in [5.74, 6) is 0.321. The zero-order valence-electron chi connectivity index (χ0n) is 9.36. The summed E-state index contributed by atoms with van der Waals surface area (Å²) in [4.78, 5) is 10.4. The molecular formula is C11H22O3. The molecule has 0 aromatic heterocycles. The van der Waals surface area contributed by atoms with Crippen molar-refractivity contribution in [3.8, 4) is 0 Å². The van der Waals surface area contributed by atoms with Gasteiger partial charge in [-0.1, -0.05) is 20.8 Å². The Hall–Kier alpha value is -0.570. The fourth-order valence-electron chi connectivity index (χ4n) is 1.93. The predicted molar refractivity (Wildman–Crippen MR) is 56.1 cm³/mol. The van der Waals surface area contributed by atoms with Crippen molar-refractivity contribution < 1.29 is 15.0 Å². The molecule has 0 bridgehead atoms. The summed E-state index contributed by atoms with van der Waals surface area (Å²) < 4.78 is 0. The van der Waals surface area contributed by atoms with Gasteiger partial charge in [0.15, 0.2) is 0 Å². The van der Waals surface area contributed by atoms with Crippen LogP contribution in [0, 0.1) is 17.8 Å². The SMILES string of the molecule is C[C@H](C[C@H](C)CO)C[C@@H](C)CC(=O)O. The van der Waals surface area contributed by atoms with E-state index in [1.54, 1.807) is 0 Å². The van der Waals surface area contributed by atoms with Crippen molar-refractivity contribution in [2.45, 2.75) is 40.0 Å². The Morgan fingerprint density at radius 1 is 1.07 bits per heavy atom. The van der Waals surface area contributed by atoms with Gasteiger partial charge in [0.2, 0.25) is 0 Å². The van der Waals surface area contributed by atoms with E-state index in [0.29, 0.717) is 11.8 Å². The molecule has 0 aliphatic heterocycles. The number of carboxylic acid groups (broad SMARTS) is 1. The zero-order chi connectivity index (χ0) is 11.1. The van der Waals surface area contributed by atoms with E-state index in [4.69, 9.17) is 10.2 Å². The van der Waals surface area contributed by atoms with Crippen LogP contribution in [0.25, 0.3) is 0 Å². The van der Waals surface area contributed by atoms with Gasteiger partial charge in [0.05, 0.1) is 0 Å². The van der Waals surface area contributed by atoms with Crippen LogP contribution in [0.5, 0.6) is 0 Å². The lowest BCUT2D eigenvalue weighted by Gasteiger charge is -2.18. The highest BCUT2D eigenvalue weighted by Gasteiger charge is 2.14. The molecule has 0 saturated heterocycles. The number of hydrogen-bond acceptors (Lipinski definition) is 2. The Labute approximate surface area is 86.1 Å². The van der Waals surface area contributed by atoms with Gasteiger partial charge in [-0.2, -0.15) is 0 Å². The highest BCUT2D eigenvalue weighted by molar-refractivity contribution is 5.66. The largest absolute Gasteiger partial charge is 0.481 e. The first-order chi connectivity index (χ1) is 6.45. The minimum Gasteiger partial charge on any atom is -0.481 e. The zero-order valence-corrected chi connectivity index (χ0v) is 9.36. The van der Waals surface area contributed by atoms with Crippen molar-refractivity contribution in [3.05, 3.63) is 0 Å². The third-order valence-electron chi connectivity index (χ3n) is 2.44. The minimum absolute atomic E-state index is 0.220. The first-order valence-corrected chi connectivity index (χ1v) is 5.28. The fraction of sp³-hybridized carbons (Fsp3) is 0.909. The molecule has 0 rings (SSSR count). The minimum atomic E-state index is -0.722. The second kappa shape index (κ2) is 6.82. The van der Waals surface area contributed by atoms with Crippen LogP contribution in [0.1, 0.15) is 40.0 Å². The smallest absolute Gasteiger partial charge is 0.303 e. The van der Waals surface area contributed by atoms with Gasteiger partial charge in [-0.25, -0.2) is 0 Å². The molecule has 0 saturated carbocycles. The van der Waals surface area contributed by atoms with Crippen molar-refractivity contribution in [1.29, 1.82) is 0 Å². The second-order valence-electron chi connectivity index (χ2n) is 4.57. The molecule has 0 radical (unpaired) electrons. The van der Waals surface area contributed by atoms with Crippen molar-refractivity contribution in [3.63, 3.8) is 0 Å². The summed E-state index contributed by atoms with van der Waals surface area (Å²) in [6.07, 6.45) is 2.15. The summed E-state index contributed by atoms with van der Waals surface area (Å²) in [7, 11) is 0. The monoisotopic (exact) mass is 202 g/mol. The third kappa shape index (κ3) is 6.89. The molecule has 3 heteroatoms. The van der Waals surface area contributed by atoms with E-state index in [9.17, 15) is 4.79 Å². The lowest BCUT2D eigenvalue weighted by molar-refractivity contribution is -0.138. The first-order valence-electron chi connectivity index (χ1n) is 5.28. The average molecular weight is 202 g/mol. The Morgan fingerprint density at radius 2 is 1.57 bits per heavy atom. The molecule has 0 amide bonds. The number of aliphatic carboxylic acids is 1. The molecule has 0 unspecified atom stereocenters. The van der Waals surface area contributed by atoms with Crippen LogP contribution >= 0.6 is 0 Å². The average Bonchev–Trinajstić information content (AvgIpc) is 2.01. The van der Waals surface area contributed by atoms with E-state index >= 15 is 0 Å². The molecule has 0 spiro atoms. The number of aliphatic hydroxyl groups excluding tert-OH is 1. The topological polar surface area (TPSA) is 57.5 Å². The Kier molecular flexibility index (Phi) is 6.54. The second-order valence-corrected chi connectivity index (χ2v) is 4.57. The molecule has 14 heavy (non-hydrogen) atoms. The fourth-order valence-corrected chi connectivity index (χ4v) is 1.93. The van der Waals surface area contributed by atoms with Crippen LogP contribution in [-0.4, -0.2) is 22.8 Å². The molecule has 0 aliphatic rings. The van der Waals surface area contributed by atoms with E-state index in [2.05, 4.69) is 6.92 Å². The standard InChI is InChI=1S/C11H22O3/c1-8(5-10(3)7-12)4-9(2)6-11(13)14/h8-10,12H,4-7H2,1-3H3,(H,13,14)/t8-,9+,10-/m0/s1. The maximum absolute atomic E-state index is 10.4. The summed E-state index contributed by atoms with van der Waals surface area (Å²) in [5, 5.41) is 17.5. The van der Waals surface area contributed by atoms with E-state index in [1.165, 1.54) is 0 Å². The summed E-state index contributed by atoms with van der Waals surface area (Å²) >= 11 is 0. The highest BCUT2D eigenvalue weighted by Crippen LogP contribution is 2.21. The van der Waals surface area contributed by atoms with Crippen LogP contribution in [0.2, 0.25) is 0 Å². The van der Waals surface area contributed by atoms with Crippen LogP contribution in [-0.2, 0) is 4.79 Å². The van der Waals surface area contributed by atoms with Gasteiger partial charge in [0.1, 0.15) is 0 Å². The van der Waals surface area contributed by atoms with Gasteiger partial charge in [-0.05, 0) is 30.6 Å². The van der Waals surface area contributed by atoms with Crippen LogP contribution < -0.4 is 0 Å². The van der Waals surface area contributed by atoms with Gasteiger partial charge in [0, 0.05) is 13.0 Å². The third-order valence-corrected chi connectivity index (χ3v) is 2.44. The van der Waals surface area contributed by atoms with E-state index in [0.717, 1.165) is 12.8 Å². The molecule has 0 aromatic rings. The lowest BCUT2D eigenvalue weighted by Crippen LogP contribution is -2.12. The number of aliphatic hydroxyl groups is 1. The lowest BCUT2D eigenvalue weighted by atomic mass is 9.88. The predicted octanol–water partition coefficient (Wildman–Crippen LogP) is 2.14. The van der Waals surface area contributed by atoms with Crippen molar-refractivity contribution in [2.75, 3.05) is 6.61 Å². The maximum atomic E-state index is 10.4. The summed E-state index contributed by atoms with van der Waals surface area (Å²) in [6, 6.07) is 0. The maximum Gasteiger partial charge on any atom is 0.303 e. The van der Waals surface area contributed by atoms with Gasteiger partial charge in [-0.3, -0.25) is 4.79 Å². The van der Waals surface area contributed by atoms with Crippen molar-refractivity contribution in [2.24, 2.45) is 17.8 Å². The van der Waals surface area contributed by atoms with Crippen molar-refractivity contribution >= 4 is 5.97 Å². The Balaban J connectivity index is 3.70. The molecule has 3 nitrogen and oxygen atoms in total. The number of carboxylic acids is 1.